The van der Waals surface area contributed by atoms with Crippen LogP contribution in [-0.2, 0) is 9.59 Å². The van der Waals surface area contributed by atoms with Gasteiger partial charge in [-0.1, -0.05) is 11.6 Å². The Bertz CT molecular complexity index is 665. The van der Waals surface area contributed by atoms with E-state index in [9.17, 15) is 22.4 Å². The number of alkyl halides is 3. The Labute approximate surface area is 164 Å². The van der Waals surface area contributed by atoms with Gasteiger partial charge in [0.1, 0.15) is 11.6 Å². The molecule has 1 saturated carbocycles. The van der Waals surface area contributed by atoms with Crippen molar-refractivity contribution in [3.8, 4) is 5.75 Å². The van der Waals surface area contributed by atoms with Crippen LogP contribution in [0.5, 0.6) is 5.75 Å². The lowest BCUT2D eigenvalue weighted by molar-refractivity contribution is -0.192. The third-order valence-electron chi connectivity index (χ3n) is 4.05. The van der Waals surface area contributed by atoms with E-state index in [2.05, 4.69) is 5.32 Å². The second-order valence-corrected chi connectivity index (χ2v) is 6.60. The van der Waals surface area contributed by atoms with Gasteiger partial charge in [0, 0.05) is 12.1 Å². The van der Waals surface area contributed by atoms with Crippen molar-refractivity contribution < 1.29 is 37.0 Å². The van der Waals surface area contributed by atoms with E-state index in [-0.39, 0.29) is 23.6 Å². The molecule has 28 heavy (non-hydrogen) atoms. The molecule has 0 heterocycles. The summed E-state index contributed by atoms with van der Waals surface area (Å²) in [4.78, 5) is 20.7. The molecule has 0 saturated heterocycles. The van der Waals surface area contributed by atoms with E-state index in [1.807, 2.05) is 0 Å². The Hall–Kier alpha value is -2.07. The molecule has 6 nitrogen and oxygen atoms in total. The maximum absolute atomic E-state index is 13.2. The zero-order valence-electron chi connectivity index (χ0n) is 14.8. The van der Waals surface area contributed by atoms with E-state index in [1.54, 1.807) is 0 Å². The number of hydrogen-bond acceptors (Lipinski definition) is 4. The number of nitrogens with two attached hydrogens (primary N) is 1. The van der Waals surface area contributed by atoms with Gasteiger partial charge < -0.3 is 20.9 Å². The smallest absolute Gasteiger partial charge is 0.484 e. The molecule has 1 fully saturated rings. The van der Waals surface area contributed by atoms with Gasteiger partial charge in [-0.05, 0) is 50.3 Å². The van der Waals surface area contributed by atoms with Crippen molar-refractivity contribution in [2.24, 2.45) is 11.7 Å². The van der Waals surface area contributed by atoms with Gasteiger partial charge in [-0.25, -0.2) is 9.18 Å². The first-order valence-corrected chi connectivity index (χ1v) is 8.78. The summed E-state index contributed by atoms with van der Waals surface area (Å²) in [6.07, 6.45) is -1.10. The molecule has 0 bridgehead atoms. The van der Waals surface area contributed by atoms with Crippen molar-refractivity contribution in [3.63, 3.8) is 0 Å². The minimum absolute atomic E-state index is 0.0310. The number of ether oxygens (including phenoxy) is 1. The van der Waals surface area contributed by atoms with E-state index in [0.29, 0.717) is 18.2 Å². The summed E-state index contributed by atoms with van der Waals surface area (Å²) >= 11 is 5.58. The van der Waals surface area contributed by atoms with E-state index < -0.39 is 18.0 Å². The SMILES string of the molecule is NC[C@H]1CC[C@H](NC(=O)COc2ccc(Cl)c(F)c2)CC1.O=C(O)C(F)(F)F. The highest BCUT2D eigenvalue weighted by Gasteiger charge is 2.38. The molecule has 0 radical (unpaired) electrons. The summed E-state index contributed by atoms with van der Waals surface area (Å²) in [5.41, 5.74) is 5.64. The summed E-state index contributed by atoms with van der Waals surface area (Å²) in [7, 11) is 0. The molecule has 1 aliphatic carbocycles. The van der Waals surface area contributed by atoms with Gasteiger partial charge in [0.05, 0.1) is 5.02 Å². The molecule has 1 amide bonds. The average molecular weight is 429 g/mol. The minimum Gasteiger partial charge on any atom is -0.484 e. The van der Waals surface area contributed by atoms with Crippen LogP contribution >= 0.6 is 11.6 Å². The quantitative estimate of drug-likeness (QED) is 0.625. The van der Waals surface area contributed by atoms with Gasteiger partial charge in [-0.3, -0.25) is 4.79 Å². The number of carboxylic acid groups (broad SMARTS) is 1. The number of benzene rings is 1. The van der Waals surface area contributed by atoms with Crippen LogP contribution in [0.4, 0.5) is 17.6 Å². The van der Waals surface area contributed by atoms with Crippen LogP contribution in [0.1, 0.15) is 25.7 Å². The molecule has 0 aliphatic heterocycles. The van der Waals surface area contributed by atoms with E-state index >= 15 is 0 Å². The minimum atomic E-state index is -5.08. The molecule has 4 N–H and O–H groups in total. The molecule has 158 valence electrons. The zero-order chi connectivity index (χ0) is 21.3. The normalized spacial score (nSPS) is 19.2. The van der Waals surface area contributed by atoms with Crippen LogP contribution < -0.4 is 15.8 Å². The van der Waals surface area contributed by atoms with Gasteiger partial charge in [0.25, 0.3) is 5.91 Å². The molecule has 0 atom stereocenters. The topological polar surface area (TPSA) is 102 Å². The molecule has 0 unspecified atom stereocenters. The summed E-state index contributed by atoms with van der Waals surface area (Å²) in [6, 6.07) is 4.29. The van der Waals surface area contributed by atoms with Crippen LogP contribution in [0, 0.1) is 11.7 Å². The number of carboxylic acids is 1. The van der Waals surface area contributed by atoms with Crippen molar-refractivity contribution in [2.75, 3.05) is 13.2 Å². The lowest BCUT2D eigenvalue weighted by Crippen LogP contribution is -2.40. The molecule has 1 aromatic carbocycles. The number of carbonyl (C=O) groups excluding carboxylic acids is 1. The first kappa shape index (κ1) is 24.0. The molecule has 11 heteroatoms. The Morgan fingerprint density at radius 1 is 1.25 bits per heavy atom. The van der Waals surface area contributed by atoms with Crippen molar-refractivity contribution in [1.82, 2.24) is 5.32 Å². The van der Waals surface area contributed by atoms with Crippen LogP contribution in [0.2, 0.25) is 5.02 Å². The fourth-order valence-corrected chi connectivity index (χ4v) is 2.64. The number of amides is 1. The zero-order valence-corrected chi connectivity index (χ0v) is 15.5. The van der Waals surface area contributed by atoms with Crippen molar-refractivity contribution in [3.05, 3.63) is 29.0 Å². The van der Waals surface area contributed by atoms with Crippen LogP contribution in [0.3, 0.4) is 0 Å². The Balaban J connectivity index is 0.000000480. The van der Waals surface area contributed by atoms with Crippen molar-refractivity contribution in [1.29, 1.82) is 0 Å². The summed E-state index contributed by atoms with van der Waals surface area (Å²) in [5, 5.41) is 10.1. The number of hydrogen-bond donors (Lipinski definition) is 3. The van der Waals surface area contributed by atoms with Crippen LogP contribution in [0.15, 0.2) is 18.2 Å². The Morgan fingerprint density at radius 3 is 2.29 bits per heavy atom. The average Bonchev–Trinajstić information content (AvgIpc) is 2.63. The van der Waals surface area contributed by atoms with E-state index in [0.717, 1.165) is 25.7 Å². The molecule has 1 aromatic rings. The number of rotatable bonds is 5. The predicted molar refractivity (Wildman–Crippen MR) is 93.5 cm³/mol. The van der Waals surface area contributed by atoms with Gasteiger partial charge in [-0.2, -0.15) is 13.2 Å². The fourth-order valence-electron chi connectivity index (χ4n) is 2.53. The van der Waals surface area contributed by atoms with Gasteiger partial charge in [0.15, 0.2) is 6.61 Å². The first-order valence-electron chi connectivity index (χ1n) is 8.40. The van der Waals surface area contributed by atoms with Crippen molar-refractivity contribution >= 4 is 23.5 Å². The molecule has 1 aliphatic rings. The molecular weight excluding hydrogens is 408 g/mol. The monoisotopic (exact) mass is 428 g/mol. The highest BCUT2D eigenvalue weighted by molar-refractivity contribution is 6.30. The maximum Gasteiger partial charge on any atom is 0.490 e. The second-order valence-electron chi connectivity index (χ2n) is 6.19. The van der Waals surface area contributed by atoms with Crippen LogP contribution in [0.25, 0.3) is 0 Å². The standard InChI is InChI=1S/C15H20ClFN2O2.C2HF3O2/c16-13-6-5-12(7-14(13)17)21-9-15(20)19-11-3-1-10(8-18)2-4-11;3-2(4,5)1(6)7/h5-7,10-11H,1-4,8-9,18H2,(H,19,20);(H,6,7)/t10-,11-;. The summed E-state index contributed by atoms with van der Waals surface area (Å²) in [5.74, 6) is -2.64. The largest absolute Gasteiger partial charge is 0.490 e. The number of aliphatic carboxylic acids is 1. The van der Waals surface area contributed by atoms with Gasteiger partial charge in [-0.15, -0.1) is 0 Å². The third kappa shape index (κ3) is 8.75. The third-order valence-corrected chi connectivity index (χ3v) is 4.36. The Morgan fingerprint density at radius 2 is 1.82 bits per heavy atom. The van der Waals surface area contributed by atoms with Gasteiger partial charge in [0.2, 0.25) is 0 Å². The molecule has 0 aromatic heterocycles. The van der Waals surface area contributed by atoms with E-state index in [1.165, 1.54) is 18.2 Å². The van der Waals surface area contributed by atoms with Crippen molar-refractivity contribution in [2.45, 2.75) is 37.9 Å². The highest BCUT2D eigenvalue weighted by atomic mass is 35.5. The number of nitrogens with one attached hydrogen (secondary N) is 1. The fraction of sp³-hybridized carbons (Fsp3) is 0.529. The Kier molecular flexibility index (Phi) is 9.47. The second kappa shape index (κ2) is 11.1. The highest BCUT2D eigenvalue weighted by Crippen LogP contribution is 2.23. The maximum atomic E-state index is 13.2. The lowest BCUT2D eigenvalue weighted by atomic mass is 9.86. The van der Waals surface area contributed by atoms with E-state index in [4.69, 9.17) is 32.0 Å². The molecular formula is C17H21ClF4N2O4. The summed E-state index contributed by atoms with van der Waals surface area (Å²) < 4.78 is 50.2. The lowest BCUT2D eigenvalue weighted by Gasteiger charge is -2.28. The van der Waals surface area contributed by atoms with Gasteiger partial charge >= 0.3 is 12.1 Å². The number of halogens is 5. The summed E-state index contributed by atoms with van der Waals surface area (Å²) in [6.45, 7) is 0.587. The first-order chi connectivity index (χ1) is 13.0. The number of carbonyl (C=O) groups is 2. The van der Waals surface area contributed by atoms with Crippen LogP contribution in [-0.4, -0.2) is 42.4 Å². The molecule has 0 spiro atoms. The predicted octanol–water partition coefficient (Wildman–Crippen LogP) is 3.12. The molecule has 2 rings (SSSR count).